The van der Waals surface area contributed by atoms with Gasteiger partial charge in [-0.3, -0.25) is 14.9 Å². The van der Waals surface area contributed by atoms with Crippen molar-refractivity contribution in [1.29, 1.82) is 0 Å². The van der Waals surface area contributed by atoms with E-state index in [1.165, 1.54) is 32.1 Å². The van der Waals surface area contributed by atoms with Gasteiger partial charge in [-0.15, -0.1) is 0 Å². The van der Waals surface area contributed by atoms with E-state index in [-0.39, 0.29) is 11.1 Å². The molecule has 2 aliphatic rings. The Morgan fingerprint density at radius 3 is 2.68 bits per heavy atom. The van der Waals surface area contributed by atoms with Gasteiger partial charge in [-0.2, -0.15) is 0 Å². The fraction of sp³-hybridized carbons (Fsp3) is 0.500. The predicted molar refractivity (Wildman–Crippen MR) is 102 cm³/mol. The Hall–Kier alpha value is -1.75. The number of hydrogen-bond acceptors (Lipinski definition) is 4. The molecule has 2 fully saturated rings. The number of carbonyl (C=O) groups is 2. The highest BCUT2D eigenvalue weighted by atomic mass is 32.2. The lowest BCUT2D eigenvalue weighted by Crippen LogP contribution is -2.21. The van der Waals surface area contributed by atoms with E-state index in [0.717, 1.165) is 41.2 Å². The van der Waals surface area contributed by atoms with E-state index >= 15 is 0 Å². The lowest BCUT2D eigenvalue weighted by atomic mass is 9.81. The molecule has 0 bridgehead atoms. The number of carbonyl (C=O) groups excluding carboxylic acids is 2. The van der Waals surface area contributed by atoms with Gasteiger partial charge in [0.05, 0.1) is 11.5 Å². The van der Waals surface area contributed by atoms with Gasteiger partial charge in [-0.25, -0.2) is 0 Å². The fourth-order valence-electron chi connectivity index (χ4n) is 3.56. The molecule has 1 heterocycles. The minimum Gasteiger partial charge on any atom is -0.493 e. The molecule has 134 valence electrons. The molecule has 1 aromatic rings. The van der Waals surface area contributed by atoms with Crippen molar-refractivity contribution in [2.75, 3.05) is 6.61 Å². The number of rotatable bonds is 5. The molecule has 1 aliphatic heterocycles. The highest BCUT2D eigenvalue weighted by Crippen LogP contribution is 2.31. The van der Waals surface area contributed by atoms with Crippen LogP contribution >= 0.6 is 11.8 Å². The standard InChI is InChI=1S/C20H25NO3S/c1-13-10-15(11-18-19(22)21-20(23)25-18)8-9-17(13)24-12-14(2)16-6-4-3-5-7-16/h8-11,14,16H,3-7,12H2,1-2H3,(H,21,22,23). The number of imide groups is 1. The normalized spacial score (nSPS) is 21.4. The highest BCUT2D eigenvalue weighted by Gasteiger charge is 2.25. The van der Waals surface area contributed by atoms with Crippen molar-refractivity contribution < 1.29 is 14.3 Å². The molecule has 1 aliphatic carbocycles. The monoisotopic (exact) mass is 359 g/mol. The van der Waals surface area contributed by atoms with Crippen molar-refractivity contribution in [2.24, 2.45) is 11.8 Å². The number of ether oxygens (including phenoxy) is 1. The maximum absolute atomic E-state index is 11.6. The Kier molecular flexibility index (Phi) is 5.84. The van der Waals surface area contributed by atoms with Gasteiger partial charge in [0.25, 0.3) is 11.1 Å². The molecule has 0 radical (unpaired) electrons. The first-order valence-corrected chi connectivity index (χ1v) is 9.83. The van der Waals surface area contributed by atoms with Crippen LogP contribution in [0.1, 0.15) is 50.2 Å². The predicted octanol–water partition coefficient (Wildman–Crippen LogP) is 4.91. The number of nitrogens with one attached hydrogen (secondary N) is 1. The van der Waals surface area contributed by atoms with Crippen LogP contribution in [0.3, 0.4) is 0 Å². The van der Waals surface area contributed by atoms with Gasteiger partial charge >= 0.3 is 0 Å². The summed E-state index contributed by atoms with van der Waals surface area (Å²) in [7, 11) is 0. The molecule has 1 N–H and O–H groups in total. The summed E-state index contributed by atoms with van der Waals surface area (Å²) in [6.45, 7) is 5.05. The topological polar surface area (TPSA) is 55.4 Å². The van der Waals surface area contributed by atoms with Crippen LogP contribution in [-0.2, 0) is 4.79 Å². The van der Waals surface area contributed by atoms with E-state index in [4.69, 9.17) is 4.74 Å². The van der Waals surface area contributed by atoms with Crippen molar-refractivity contribution in [3.8, 4) is 5.75 Å². The van der Waals surface area contributed by atoms with Crippen LogP contribution in [0.15, 0.2) is 23.1 Å². The third-order valence-corrected chi connectivity index (χ3v) is 5.91. The van der Waals surface area contributed by atoms with Crippen LogP contribution < -0.4 is 10.1 Å². The largest absolute Gasteiger partial charge is 0.493 e. The second-order valence-electron chi connectivity index (χ2n) is 7.06. The van der Waals surface area contributed by atoms with Crippen LogP contribution in [0.25, 0.3) is 6.08 Å². The SMILES string of the molecule is Cc1cc(C=C2SC(=O)NC2=O)ccc1OCC(C)C1CCCCC1. The average molecular weight is 359 g/mol. The lowest BCUT2D eigenvalue weighted by molar-refractivity contribution is -0.115. The second-order valence-corrected chi connectivity index (χ2v) is 8.08. The van der Waals surface area contributed by atoms with Gasteiger partial charge in [0.1, 0.15) is 5.75 Å². The number of amides is 2. The van der Waals surface area contributed by atoms with Gasteiger partial charge in [-0.1, -0.05) is 45.1 Å². The van der Waals surface area contributed by atoms with Gasteiger partial charge in [0.2, 0.25) is 0 Å². The fourth-order valence-corrected chi connectivity index (χ4v) is 4.24. The maximum Gasteiger partial charge on any atom is 0.290 e. The summed E-state index contributed by atoms with van der Waals surface area (Å²) in [5.41, 5.74) is 1.94. The average Bonchev–Trinajstić information content (AvgIpc) is 2.92. The van der Waals surface area contributed by atoms with Crippen LogP contribution in [0.4, 0.5) is 4.79 Å². The van der Waals surface area contributed by atoms with Crippen molar-refractivity contribution >= 4 is 29.0 Å². The third-order valence-electron chi connectivity index (χ3n) is 5.10. The Balaban J connectivity index is 1.61. The molecule has 4 nitrogen and oxygen atoms in total. The number of thioether (sulfide) groups is 1. The van der Waals surface area contributed by atoms with Gasteiger partial charge < -0.3 is 4.74 Å². The summed E-state index contributed by atoms with van der Waals surface area (Å²) in [6.07, 6.45) is 8.48. The Morgan fingerprint density at radius 1 is 1.28 bits per heavy atom. The van der Waals surface area contributed by atoms with Crippen molar-refractivity contribution in [3.05, 3.63) is 34.2 Å². The third kappa shape index (κ3) is 4.66. The summed E-state index contributed by atoms with van der Waals surface area (Å²) in [5, 5.41) is 1.95. The summed E-state index contributed by atoms with van der Waals surface area (Å²) >= 11 is 0.939. The summed E-state index contributed by atoms with van der Waals surface area (Å²) in [4.78, 5) is 23.3. The van der Waals surface area contributed by atoms with E-state index < -0.39 is 0 Å². The molecule has 1 atom stereocenters. The van der Waals surface area contributed by atoms with Gasteiger partial charge in [-0.05, 0) is 59.9 Å². The van der Waals surface area contributed by atoms with E-state index in [1.807, 2.05) is 25.1 Å². The van der Waals surface area contributed by atoms with E-state index in [0.29, 0.717) is 10.8 Å². The molecule has 3 rings (SSSR count). The maximum atomic E-state index is 11.6. The first-order chi connectivity index (χ1) is 12.0. The van der Waals surface area contributed by atoms with Crippen molar-refractivity contribution in [3.63, 3.8) is 0 Å². The molecule has 2 amide bonds. The number of benzene rings is 1. The minimum atomic E-state index is -0.325. The van der Waals surface area contributed by atoms with E-state index in [2.05, 4.69) is 12.2 Å². The smallest absolute Gasteiger partial charge is 0.290 e. The van der Waals surface area contributed by atoms with E-state index in [1.54, 1.807) is 6.08 Å². The number of aryl methyl sites for hydroxylation is 1. The van der Waals surface area contributed by atoms with Crippen LogP contribution in [-0.4, -0.2) is 17.8 Å². The van der Waals surface area contributed by atoms with Crippen molar-refractivity contribution in [2.45, 2.75) is 46.0 Å². The Labute approximate surface area is 153 Å². The zero-order valence-corrected chi connectivity index (χ0v) is 15.7. The first kappa shape index (κ1) is 18.1. The summed E-state index contributed by atoms with van der Waals surface area (Å²) in [6, 6.07) is 5.87. The summed E-state index contributed by atoms with van der Waals surface area (Å²) < 4.78 is 6.06. The van der Waals surface area contributed by atoms with E-state index in [9.17, 15) is 9.59 Å². The zero-order chi connectivity index (χ0) is 17.8. The molecule has 1 saturated carbocycles. The second kappa shape index (κ2) is 8.09. The van der Waals surface area contributed by atoms with Gasteiger partial charge in [0, 0.05) is 0 Å². The van der Waals surface area contributed by atoms with Crippen molar-refractivity contribution in [1.82, 2.24) is 5.32 Å². The lowest BCUT2D eigenvalue weighted by Gasteiger charge is -2.27. The molecule has 1 saturated heterocycles. The quantitative estimate of drug-likeness (QED) is 0.759. The number of hydrogen-bond donors (Lipinski definition) is 1. The molecular weight excluding hydrogens is 334 g/mol. The highest BCUT2D eigenvalue weighted by molar-refractivity contribution is 8.18. The van der Waals surface area contributed by atoms with Crippen LogP contribution in [0.5, 0.6) is 5.75 Å². The molecular formula is C20H25NO3S. The van der Waals surface area contributed by atoms with Crippen LogP contribution in [0, 0.1) is 18.8 Å². The molecule has 0 spiro atoms. The first-order valence-electron chi connectivity index (χ1n) is 9.01. The zero-order valence-electron chi connectivity index (χ0n) is 14.8. The van der Waals surface area contributed by atoms with Gasteiger partial charge in [0.15, 0.2) is 0 Å². The molecule has 5 heteroatoms. The summed E-state index contributed by atoms with van der Waals surface area (Å²) in [5.74, 6) is 1.93. The molecule has 1 unspecified atom stereocenters. The minimum absolute atomic E-state index is 0.315. The molecule has 0 aromatic heterocycles. The van der Waals surface area contributed by atoms with Crippen LogP contribution in [0.2, 0.25) is 0 Å². The Bertz CT molecular complexity index is 692. The Morgan fingerprint density at radius 2 is 2.04 bits per heavy atom. The molecule has 25 heavy (non-hydrogen) atoms. The molecule has 1 aromatic carbocycles.